The first-order chi connectivity index (χ1) is 12.7. The van der Waals surface area contributed by atoms with E-state index in [1.54, 1.807) is 11.3 Å². The van der Waals surface area contributed by atoms with Crippen molar-refractivity contribution in [2.45, 2.75) is 59.3 Å². The molecule has 2 rings (SSSR count). The number of nitrogens with one attached hydrogen (secondary N) is 1. The van der Waals surface area contributed by atoms with Crippen LogP contribution in [0.5, 0.6) is 0 Å². The Morgan fingerprint density at radius 1 is 1.12 bits per heavy atom. The highest BCUT2D eigenvalue weighted by atomic mass is 32.1. The van der Waals surface area contributed by atoms with E-state index in [9.17, 15) is 4.79 Å². The fraction of sp³-hybridized carbons (Fsp3) is 0.524. The van der Waals surface area contributed by atoms with Crippen molar-refractivity contribution in [3.8, 4) is 11.3 Å². The zero-order valence-corrected chi connectivity index (χ0v) is 17.1. The highest BCUT2D eigenvalue weighted by molar-refractivity contribution is 7.14. The van der Waals surface area contributed by atoms with Crippen molar-refractivity contribution in [1.29, 1.82) is 0 Å². The zero-order valence-electron chi connectivity index (χ0n) is 16.3. The van der Waals surface area contributed by atoms with E-state index in [4.69, 9.17) is 4.98 Å². The molecule has 0 spiro atoms. The van der Waals surface area contributed by atoms with Crippen LogP contribution in [0.15, 0.2) is 29.6 Å². The van der Waals surface area contributed by atoms with E-state index in [0.717, 1.165) is 48.0 Å². The lowest BCUT2D eigenvalue weighted by Gasteiger charge is -2.16. The van der Waals surface area contributed by atoms with Crippen LogP contribution in [0.4, 0.5) is 10.8 Å². The highest BCUT2D eigenvalue weighted by Crippen LogP contribution is 2.28. The molecular weight excluding hydrogens is 342 g/mol. The summed E-state index contributed by atoms with van der Waals surface area (Å²) in [6.07, 6.45) is 6.40. The monoisotopic (exact) mass is 373 g/mol. The Labute approximate surface area is 161 Å². The first-order valence-corrected chi connectivity index (χ1v) is 10.7. The predicted octanol–water partition coefficient (Wildman–Crippen LogP) is 5.96. The lowest BCUT2D eigenvalue weighted by atomic mass is 10.1. The van der Waals surface area contributed by atoms with E-state index in [-0.39, 0.29) is 5.91 Å². The van der Waals surface area contributed by atoms with E-state index in [1.165, 1.54) is 19.3 Å². The van der Waals surface area contributed by atoms with Crippen molar-refractivity contribution in [2.24, 2.45) is 0 Å². The van der Waals surface area contributed by atoms with Gasteiger partial charge in [-0.05, 0) is 32.4 Å². The maximum absolute atomic E-state index is 12.1. The van der Waals surface area contributed by atoms with E-state index >= 15 is 0 Å². The van der Waals surface area contributed by atoms with Gasteiger partial charge in [0.15, 0.2) is 5.13 Å². The van der Waals surface area contributed by atoms with Crippen LogP contribution >= 0.6 is 11.3 Å². The van der Waals surface area contributed by atoms with Crippen molar-refractivity contribution < 1.29 is 4.79 Å². The third kappa shape index (κ3) is 6.13. The van der Waals surface area contributed by atoms with E-state index in [2.05, 4.69) is 36.4 Å². The number of hydrogen-bond acceptors (Lipinski definition) is 4. The highest BCUT2D eigenvalue weighted by Gasteiger charge is 2.10. The molecule has 2 aromatic rings. The van der Waals surface area contributed by atoms with Gasteiger partial charge < -0.3 is 10.2 Å². The quantitative estimate of drug-likeness (QED) is 0.495. The van der Waals surface area contributed by atoms with Gasteiger partial charge >= 0.3 is 0 Å². The van der Waals surface area contributed by atoms with Crippen LogP contribution in [-0.4, -0.2) is 24.0 Å². The number of benzene rings is 1. The molecule has 0 aliphatic carbocycles. The van der Waals surface area contributed by atoms with Crippen LogP contribution < -0.4 is 10.2 Å². The average Bonchev–Trinajstić information content (AvgIpc) is 3.13. The fourth-order valence-corrected chi connectivity index (χ4v) is 3.87. The number of rotatable bonds is 11. The first kappa shape index (κ1) is 20.4. The van der Waals surface area contributed by atoms with Crippen LogP contribution in [0.25, 0.3) is 11.3 Å². The summed E-state index contributed by atoms with van der Waals surface area (Å²) in [6.45, 7) is 8.40. The topological polar surface area (TPSA) is 45.2 Å². The Bertz CT molecular complexity index is 679. The first-order valence-electron chi connectivity index (χ1n) is 9.78. The average molecular weight is 374 g/mol. The van der Waals surface area contributed by atoms with Gasteiger partial charge in [0.2, 0.25) is 5.91 Å². The molecule has 0 bridgehead atoms. The summed E-state index contributed by atoms with van der Waals surface area (Å²) in [5.74, 6) is 0.0979. The molecule has 0 saturated heterocycles. The van der Waals surface area contributed by atoms with Crippen LogP contribution in [0.3, 0.4) is 0 Å². The summed E-state index contributed by atoms with van der Waals surface area (Å²) in [5, 5.41) is 6.15. The molecule has 0 aliphatic heterocycles. The lowest BCUT2D eigenvalue weighted by Crippen LogP contribution is -2.21. The second kappa shape index (κ2) is 11.0. The van der Waals surface area contributed by atoms with E-state index in [1.807, 2.05) is 24.3 Å². The Kier molecular flexibility index (Phi) is 8.62. The number of aromatic nitrogens is 1. The largest absolute Gasteiger partial charge is 0.349 e. The molecule has 0 saturated carbocycles. The van der Waals surface area contributed by atoms with Crippen LogP contribution in [-0.2, 0) is 4.79 Å². The van der Waals surface area contributed by atoms with Crippen LogP contribution in [0.2, 0.25) is 0 Å². The number of carbonyl (C=O) groups excluding carboxylic acids is 1. The molecule has 0 aliphatic rings. The van der Waals surface area contributed by atoms with Gasteiger partial charge in [-0.25, -0.2) is 4.98 Å². The summed E-state index contributed by atoms with van der Waals surface area (Å²) in [7, 11) is 0. The van der Waals surface area contributed by atoms with Crippen molar-refractivity contribution in [3.63, 3.8) is 0 Å². The van der Waals surface area contributed by atoms with Gasteiger partial charge in [-0.1, -0.05) is 44.7 Å². The number of unbranched alkanes of at least 4 members (excludes halogenated alkanes) is 4. The van der Waals surface area contributed by atoms with Gasteiger partial charge in [-0.15, -0.1) is 11.3 Å². The molecule has 1 heterocycles. The van der Waals surface area contributed by atoms with Crippen molar-refractivity contribution >= 4 is 28.1 Å². The minimum absolute atomic E-state index is 0.0979. The van der Waals surface area contributed by atoms with Gasteiger partial charge in [0.1, 0.15) is 0 Å². The molecule has 1 aromatic heterocycles. The smallest absolute Gasteiger partial charge is 0.224 e. The molecule has 1 N–H and O–H groups in total. The molecule has 142 valence electrons. The van der Waals surface area contributed by atoms with E-state index in [0.29, 0.717) is 6.42 Å². The summed E-state index contributed by atoms with van der Waals surface area (Å²) in [6, 6.07) is 7.97. The van der Waals surface area contributed by atoms with Crippen molar-refractivity contribution in [2.75, 3.05) is 23.3 Å². The summed E-state index contributed by atoms with van der Waals surface area (Å²) in [5.41, 5.74) is 2.85. The van der Waals surface area contributed by atoms with E-state index < -0.39 is 0 Å². The Balaban J connectivity index is 1.94. The number of amides is 1. The minimum Gasteiger partial charge on any atom is -0.349 e. The van der Waals surface area contributed by atoms with Gasteiger partial charge in [0, 0.05) is 36.1 Å². The lowest BCUT2D eigenvalue weighted by molar-refractivity contribution is -0.116. The molecule has 1 aromatic carbocycles. The predicted molar refractivity (Wildman–Crippen MR) is 113 cm³/mol. The second-order valence-electron chi connectivity index (χ2n) is 6.48. The normalized spacial score (nSPS) is 10.7. The molecule has 4 nitrogen and oxygen atoms in total. The van der Waals surface area contributed by atoms with Crippen LogP contribution in [0, 0.1) is 0 Å². The molecule has 26 heavy (non-hydrogen) atoms. The number of thiazole rings is 1. The van der Waals surface area contributed by atoms with Gasteiger partial charge in [0.25, 0.3) is 0 Å². The summed E-state index contributed by atoms with van der Waals surface area (Å²) in [4.78, 5) is 19.1. The number of anilines is 2. The summed E-state index contributed by atoms with van der Waals surface area (Å²) >= 11 is 1.67. The van der Waals surface area contributed by atoms with Crippen molar-refractivity contribution in [3.05, 3.63) is 29.6 Å². The van der Waals surface area contributed by atoms with Gasteiger partial charge in [0.05, 0.1) is 5.69 Å². The summed E-state index contributed by atoms with van der Waals surface area (Å²) < 4.78 is 0. The van der Waals surface area contributed by atoms with Gasteiger partial charge in [-0.2, -0.15) is 0 Å². The van der Waals surface area contributed by atoms with Crippen molar-refractivity contribution in [1.82, 2.24) is 4.98 Å². The number of hydrogen-bond donors (Lipinski definition) is 1. The Morgan fingerprint density at radius 2 is 1.88 bits per heavy atom. The third-order valence-electron chi connectivity index (χ3n) is 4.48. The van der Waals surface area contributed by atoms with Crippen LogP contribution in [0.1, 0.15) is 59.3 Å². The second-order valence-corrected chi connectivity index (χ2v) is 7.32. The number of nitrogens with zero attached hydrogens (tertiary/aromatic N) is 2. The molecule has 0 radical (unpaired) electrons. The maximum Gasteiger partial charge on any atom is 0.224 e. The molecular formula is C21H31N3OS. The standard InChI is InChI=1S/C21H31N3OS/c1-4-7-8-9-10-14-20(25)22-18-13-11-12-17(15-18)19-16-26-21(23-19)24(5-2)6-3/h11-13,15-16H,4-10,14H2,1-3H3,(H,22,25). The third-order valence-corrected chi connectivity index (χ3v) is 5.38. The SMILES string of the molecule is CCCCCCCC(=O)Nc1cccc(-c2csc(N(CC)CC)n2)c1. The molecule has 0 unspecified atom stereocenters. The molecule has 5 heteroatoms. The Morgan fingerprint density at radius 3 is 2.62 bits per heavy atom. The fourth-order valence-electron chi connectivity index (χ4n) is 2.91. The molecule has 0 fully saturated rings. The maximum atomic E-state index is 12.1. The number of carbonyl (C=O) groups is 1. The molecule has 0 atom stereocenters. The Hall–Kier alpha value is -1.88. The molecule has 1 amide bonds. The zero-order chi connectivity index (χ0) is 18.8. The minimum atomic E-state index is 0.0979. The van der Waals surface area contributed by atoms with Gasteiger partial charge in [-0.3, -0.25) is 4.79 Å².